The molecule has 8 heteroatoms. The maximum Gasteiger partial charge on any atom is 0.322 e. The Hall–Kier alpha value is -2.71. The first-order valence-corrected chi connectivity index (χ1v) is 8.73. The Kier molecular flexibility index (Phi) is 4.32. The molecule has 0 amide bonds. The van der Waals surface area contributed by atoms with Crippen LogP contribution in [-0.4, -0.2) is 18.6 Å². The largest absolute Gasteiger partial charge is 0.334 e. The standard InChI is InChI=1S/C16H16N4O3S/c1-11-5-7-13(8-6-11)15-19-16(23-20-15)18-10-12-3-2-4-14(9-12)24(17,21)22/h2-9H,10H2,1H3,(H2,17,21,22)(H,18,19,20). The minimum absolute atomic E-state index is 0.0627. The monoisotopic (exact) mass is 344 g/mol. The van der Waals surface area contributed by atoms with Crippen LogP contribution in [0.4, 0.5) is 6.01 Å². The van der Waals surface area contributed by atoms with E-state index < -0.39 is 10.0 Å². The lowest BCUT2D eigenvalue weighted by Crippen LogP contribution is -2.12. The van der Waals surface area contributed by atoms with Crippen molar-refractivity contribution in [1.82, 2.24) is 10.1 Å². The van der Waals surface area contributed by atoms with Crippen molar-refractivity contribution in [1.29, 1.82) is 0 Å². The SMILES string of the molecule is Cc1ccc(-c2noc(NCc3cccc(S(N)(=O)=O)c3)n2)cc1. The average Bonchev–Trinajstić information content (AvgIpc) is 3.02. The Labute approximate surface area is 139 Å². The summed E-state index contributed by atoms with van der Waals surface area (Å²) < 4.78 is 27.9. The minimum atomic E-state index is -3.72. The first-order valence-electron chi connectivity index (χ1n) is 7.18. The summed E-state index contributed by atoms with van der Waals surface area (Å²) in [5.41, 5.74) is 2.74. The van der Waals surface area contributed by atoms with Crippen LogP contribution in [0, 0.1) is 6.92 Å². The van der Waals surface area contributed by atoms with Crippen molar-refractivity contribution in [2.75, 3.05) is 5.32 Å². The van der Waals surface area contributed by atoms with Gasteiger partial charge in [0, 0.05) is 12.1 Å². The summed E-state index contributed by atoms with van der Waals surface area (Å²) in [6.07, 6.45) is 0. The molecule has 0 saturated heterocycles. The lowest BCUT2D eigenvalue weighted by atomic mass is 10.1. The Bertz CT molecular complexity index is 949. The highest BCUT2D eigenvalue weighted by Crippen LogP contribution is 2.18. The number of benzene rings is 2. The number of primary sulfonamides is 1. The highest BCUT2D eigenvalue weighted by molar-refractivity contribution is 7.89. The van der Waals surface area contributed by atoms with Crippen molar-refractivity contribution >= 4 is 16.0 Å². The van der Waals surface area contributed by atoms with Gasteiger partial charge in [0.1, 0.15) is 0 Å². The van der Waals surface area contributed by atoms with Gasteiger partial charge in [-0.3, -0.25) is 0 Å². The van der Waals surface area contributed by atoms with Crippen molar-refractivity contribution in [3.05, 3.63) is 59.7 Å². The Morgan fingerprint density at radius 1 is 1.17 bits per heavy atom. The third kappa shape index (κ3) is 3.79. The van der Waals surface area contributed by atoms with Gasteiger partial charge in [0.25, 0.3) is 0 Å². The fraction of sp³-hybridized carbons (Fsp3) is 0.125. The van der Waals surface area contributed by atoms with E-state index in [0.29, 0.717) is 12.4 Å². The fourth-order valence-corrected chi connectivity index (χ4v) is 2.71. The third-order valence-corrected chi connectivity index (χ3v) is 4.32. The van der Waals surface area contributed by atoms with Gasteiger partial charge in [-0.05, 0) is 24.6 Å². The Balaban J connectivity index is 1.71. The average molecular weight is 344 g/mol. The first kappa shape index (κ1) is 16.2. The van der Waals surface area contributed by atoms with E-state index in [0.717, 1.165) is 16.7 Å². The molecule has 0 radical (unpaired) electrons. The number of anilines is 1. The molecule has 0 aliphatic heterocycles. The van der Waals surface area contributed by atoms with Gasteiger partial charge >= 0.3 is 6.01 Å². The molecule has 0 aliphatic carbocycles. The summed E-state index contributed by atoms with van der Waals surface area (Å²) in [4.78, 5) is 4.33. The molecule has 0 saturated carbocycles. The fourth-order valence-electron chi connectivity index (χ4n) is 2.13. The van der Waals surface area contributed by atoms with E-state index in [1.54, 1.807) is 12.1 Å². The molecule has 3 aromatic rings. The van der Waals surface area contributed by atoms with Gasteiger partial charge in [-0.25, -0.2) is 13.6 Å². The molecule has 3 N–H and O–H groups in total. The predicted octanol–water partition coefficient (Wildman–Crippen LogP) is 2.30. The zero-order chi connectivity index (χ0) is 17.2. The van der Waals surface area contributed by atoms with Crippen LogP contribution in [-0.2, 0) is 16.6 Å². The zero-order valence-electron chi connectivity index (χ0n) is 12.9. The topological polar surface area (TPSA) is 111 Å². The molecule has 1 aromatic heterocycles. The molecule has 0 atom stereocenters. The molecule has 0 spiro atoms. The van der Waals surface area contributed by atoms with E-state index in [4.69, 9.17) is 9.66 Å². The normalized spacial score (nSPS) is 11.4. The van der Waals surface area contributed by atoms with Gasteiger partial charge in [-0.2, -0.15) is 4.98 Å². The van der Waals surface area contributed by atoms with Gasteiger partial charge in [0.05, 0.1) is 4.90 Å². The molecule has 0 unspecified atom stereocenters. The number of nitrogens with two attached hydrogens (primary N) is 1. The molecule has 0 aliphatic rings. The summed E-state index contributed by atoms with van der Waals surface area (Å²) in [7, 11) is -3.72. The summed E-state index contributed by atoms with van der Waals surface area (Å²) in [6, 6.07) is 14.4. The van der Waals surface area contributed by atoms with Crippen molar-refractivity contribution in [2.24, 2.45) is 5.14 Å². The van der Waals surface area contributed by atoms with Gasteiger partial charge in [0.2, 0.25) is 15.8 Å². The number of aryl methyl sites for hydroxylation is 1. The Morgan fingerprint density at radius 3 is 2.62 bits per heavy atom. The Morgan fingerprint density at radius 2 is 1.92 bits per heavy atom. The number of rotatable bonds is 5. The second-order valence-corrected chi connectivity index (χ2v) is 6.90. The highest BCUT2D eigenvalue weighted by Gasteiger charge is 2.10. The summed E-state index contributed by atoms with van der Waals surface area (Å²) >= 11 is 0. The number of hydrogen-bond donors (Lipinski definition) is 2. The van der Waals surface area contributed by atoms with E-state index in [1.165, 1.54) is 12.1 Å². The minimum Gasteiger partial charge on any atom is -0.334 e. The van der Waals surface area contributed by atoms with Crippen molar-refractivity contribution in [3.8, 4) is 11.4 Å². The molecule has 2 aromatic carbocycles. The lowest BCUT2D eigenvalue weighted by molar-refractivity contribution is 0.432. The van der Waals surface area contributed by atoms with Crippen LogP contribution in [0.2, 0.25) is 0 Å². The van der Waals surface area contributed by atoms with E-state index >= 15 is 0 Å². The van der Waals surface area contributed by atoms with Crippen LogP contribution < -0.4 is 10.5 Å². The second kappa shape index (κ2) is 6.42. The quantitative estimate of drug-likeness (QED) is 0.734. The number of aromatic nitrogens is 2. The van der Waals surface area contributed by atoms with Gasteiger partial charge < -0.3 is 9.84 Å². The summed E-state index contributed by atoms with van der Waals surface area (Å²) in [6.45, 7) is 2.33. The third-order valence-electron chi connectivity index (χ3n) is 3.41. The van der Waals surface area contributed by atoms with Crippen LogP contribution in [0.15, 0.2) is 57.9 Å². The van der Waals surface area contributed by atoms with Gasteiger partial charge in [-0.1, -0.05) is 47.1 Å². The second-order valence-electron chi connectivity index (χ2n) is 5.34. The van der Waals surface area contributed by atoms with Gasteiger partial charge in [-0.15, -0.1) is 0 Å². The lowest BCUT2D eigenvalue weighted by Gasteiger charge is -2.03. The summed E-state index contributed by atoms with van der Waals surface area (Å²) in [5.74, 6) is 0.482. The maximum absolute atomic E-state index is 11.4. The maximum atomic E-state index is 11.4. The zero-order valence-corrected chi connectivity index (χ0v) is 13.7. The van der Waals surface area contributed by atoms with E-state index in [-0.39, 0.29) is 10.9 Å². The number of nitrogens with zero attached hydrogens (tertiary/aromatic N) is 2. The molecule has 1 heterocycles. The molecule has 24 heavy (non-hydrogen) atoms. The van der Waals surface area contributed by atoms with Crippen LogP contribution in [0.1, 0.15) is 11.1 Å². The number of sulfonamides is 1. The van der Waals surface area contributed by atoms with E-state index in [9.17, 15) is 8.42 Å². The molecule has 7 nitrogen and oxygen atoms in total. The van der Waals surface area contributed by atoms with E-state index in [2.05, 4.69) is 15.5 Å². The number of nitrogens with one attached hydrogen (secondary N) is 1. The van der Waals surface area contributed by atoms with Crippen LogP contribution in [0.5, 0.6) is 0 Å². The smallest absolute Gasteiger partial charge is 0.322 e. The van der Waals surface area contributed by atoms with Gasteiger partial charge in [0.15, 0.2) is 0 Å². The molecule has 3 rings (SSSR count). The van der Waals surface area contributed by atoms with Crippen LogP contribution >= 0.6 is 0 Å². The van der Waals surface area contributed by atoms with Crippen LogP contribution in [0.3, 0.4) is 0 Å². The van der Waals surface area contributed by atoms with Crippen molar-refractivity contribution < 1.29 is 12.9 Å². The van der Waals surface area contributed by atoms with Crippen molar-refractivity contribution in [2.45, 2.75) is 18.4 Å². The van der Waals surface area contributed by atoms with E-state index in [1.807, 2.05) is 31.2 Å². The number of hydrogen-bond acceptors (Lipinski definition) is 6. The molecular weight excluding hydrogens is 328 g/mol. The molecule has 0 fully saturated rings. The molecular formula is C16H16N4O3S. The predicted molar refractivity (Wildman–Crippen MR) is 89.6 cm³/mol. The first-order chi connectivity index (χ1) is 11.4. The highest BCUT2D eigenvalue weighted by atomic mass is 32.2. The van der Waals surface area contributed by atoms with Crippen LogP contribution in [0.25, 0.3) is 11.4 Å². The molecule has 0 bridgehead atoms. The summed E-state index contributed by atoms with van der Waals surface area (Å²) in [5, 5.41) is 12.0. The van der Waals surface area contributed by atoms with Crippen molar-refractivity contribution in [3.63, 3.8) is 0 Å². The molecule has 124 valence electrons.